The maximum absolute atomic E-state index is 11.2. The number of halogens is 3. The first kappa shape index (κ1) is 16.8. The number of carboxylic acid groups (broad SMARTS) is 1. The molecule has 3 rings (SSSR count). The fourth-order valence-corrected chi connectivity index (χ4v) is 2.74. The minimum Gasteiger partial charge on any atom is -0.481 e. The fraction of sp³-hybridized carbons (Fsp3) is 0.0588. The fourth-order valence-electron chi connectivity index (χ4n) is 2.31. The van der Waals surface area contributed by atoms with Gasteiger partial charge in [-0.3, -0.25) is 4.79 Å². The van der Waals surface area contributed by atoms with E-state index in [2.05, 4.69) is 5.10 Å². The first-order valence-electron chi connectivity index (χ1n) is 6.96. The smallest absolute Gasteiger partial charge is 0.307 e. The quantitative estimate of drug-likeness (QED) is 0.682. The molecule has 0 amide bonds. The van der Waals surface area contributed by atoms with Gasteiger partial charge in [0.1, 0.15) is 0 Å². The number of aromatic nitrogens is 2. The molecule has 0 atom stereocenters. The van der Waals surface area contributed by atoms with Crippen LogP contribution in [0.2, 0.25) is 15.1 Å². The van der Waals surface area contributed by atoms with Crippen LogP contribution >= 0.6 is 34.8 Å². The van der Waals surface area contributed by atoms with Crippen LogP contribution in [0, 0.1) is 0 Å². The van der Waals surface area contributed by atoms with Crippen molar-refractivity contribution >= 4 is 40.8 Å². The van der Waals surface area contributed by atoms with Crippen LogP contribution in [0.4, 0.5) is 0 Å². The summed E-state index contributed by atoms with van der Waals surface area (Å²) in [5, 5.41) is 15.1. The van der Waals surface area contributed by atoms with Crippen molar-refractivity contribution in [1.29, 1.82) is 0 Å². The zero-order valence-electron chi connectivity index (χ0n) is 12.2. The second-order valence-corrected chi connectivity index (χ2v) is 6.37. The van der Waals surface area contributed by atoms with Gasteiger partial charge in [0.15, 0.2) is 0 Å². The Labute approximate surface area is 153 Å². The summed E-state index contributed by atoms with van der Waals surface area (Å²) in [6.07, 6.45) is 1.54. The standard InChI is InChI=1S/C17H11Cl3N2O2/c18-12-2-4-13(5-3-12)22-9-11(8-16(23)24)17(21-22)10-1-6-14(19)15(20)7-10/h1-7,9H,8H2,(H,23,24). The molecular formula is C17H11Cl3N2O2. The number of carbonyl (C=O) groups is 1. The van der Waals surface area contributed by atoms with Gasteiger partial charge in [-0.15, -0.1) is 0 Å². The van der Waals surface area contributed by atoms with Crippen molar-refractivity contribution in [3.05, 3.63) is 69.3 Å². The van der Waals surface area contributed by atoms with Gasteiger partial charge < -0.3 is 5.11 Å². The highest BCUT2D eigenvalue weighted by Crippen LogP contribution is 2.30. The van der Waals surface area contributed by atoms with E-state index in [0.29, 0.717) is 31.9 Å². The summed E-state index contributed by atoms with van der Waals surface area (Å²) in [5.41, 5.74) is 2.60. The summed E-state index contributed by atoms with van der Waals surface area (Å²) in [6, 6.07) is 12.2. The Bertz CT molecular complexity index is 905. The highest BCUT2D eigenvalue weighted by Gasteiger charge is 2.16. The number of nitrogens with zero attached hydrogens (tertiary/aromatic N) is 2. The summed E-state index contributed by atoms with van der Waals surface area (Å²) in [6.45, 7) is 0. The monoisotopic (exact) mass is 380 g/mol. The van der Waals surface area contributed by atoms with Crippen LogP contribution in [0.3, 0.4) is 0 Å². The summed E-state index contributed by atoms with van der Waals surface area (Å²) < 4.78 is 1.62. The van der Waals surface area contributed by atoms with Gasteiger partial charge in [-0.2, -0.15) is 5.10 Å². The maximum atomic E-state index is 11.2. The highest BCUT2D eigenvalue weighted by atomic mass is 35.5. The third-order valence-corrected chi connectivity index (χ3v) is 4.41. The summed E-state index contributed by atoms with van der Waals surface area (Å²) >= 11 is 17.9. The topological polar surface area (TPSA) is 55.1 Å². The van der Waals surface area contributed by atoms with E-state index in [1.807, 2.05) is 0 Å². The van der Waals surface area contributed by atoms with Crippen molar-refractivity contribution in [2.75, 3.05) is 0 Å². The lowest BCUT2D eigenvalue weighted by atomic mass is 10.1. The Morgan fingerprint density at radius 3 is 2.38 bits per heavy atom. The van der Waals surface area contributed by atoms with Crippen molar-refractivity contribution in [3.8, 4) is 16.9 Å². The number of hydrogen-bond acceptors (Lipinski definition) is 2. The Morgan fingerprint density at radius 1 is 1.04 bits per heavy atom. The number of carboxylic acids is 1. The van der Waals surface area contributed by atoms with E-state index in [9.17, 15) is 4.79 Å². The molecule has 0 saturated heterocycles. The van der Waals surface area contributed by atoms with Crippen molar-refractivity contribution < 1.29 is 9.90 Å². The van der Waals surface area contributed by atoms with Crippen LogP contribution in [-0.4, -0.2) is 20.9 Å². The molecule has 1 aromatic heterocycles. The van der Waals surface area contributed by atoms with E-state index in [-0.39, 0.29) is 6.42 Å². The Kier molecular flexibility index (Phi) is 4.81. The van der Waals surface area contributed by atoms with Gasteiger partial charge in [0, 0.05) is 22.3 Å². The second kappa shape index (κ2) is 6.85. The molecule has 2 aromatic carbocycles. The van der Waals surface area contributed by atoms with Crippen molar-refractivity contribution in [3.63, 3.8) is 0 Å². The minimum atomic E-state index is -0.938. The number of rotatable bonds is 4. The Hall–Kier alpha value is -2.01. The molecule has 0 bridgehead atoms. The predicted molar refractivity (Wildman–Crippen MR) is 95.4 cm³/mol. The van der Waals surface area contributed by atoms with Gasteiger partial charge >= 0.3 is 5.97 Å². The van der Waals surface area contributed by atoms with Crippen molar-refractivity contribution in [2.45, 2.75) is 6.42 Å². The molecule has 1 heterocycles. The first-order chi connectivity index (χ1) is 11.4. The van der Waals surface area contributed by atoms with Crippen LogP contribution in [0.25, 0.3) is 16.9 Å². The molecule has 0 aliphatic heterocycles. The molecular weight excluding hydrogens is 371 g/mol. The summed E-state index contributed by atoms with van der Waals surface area (Å²) in [7, 11) is 0. The molecule has 0 aliphatic rings. The number of hydrogen-bond donors (Lipinski definition) is 1. The lowest BCUT2D eigenvalue weighted by Gasteiger charge is -2.03. The van der Waals surface area contributed by atoms with Crippen LogP contribution in [-0.2, 0) is 11.2 Å². The van der Waals surface area contributed by atoms with Gasteiger partial charge in [-0.1, -0.05) is 40.9 Å². The Balaban J connectivity index is 2.11. The van der Waals surface area contributed by atoms with E-state index in [4.69, 9.17) is 39.9 Å². The third-order valence-electron chi connectivity index (χ3n) is 3.42. The summed E-state index contributed by atoms with van der Waals surface area (Å²) in [5.74, 6) is -0.938. The van der Waals surface area contributed by atoms with Crippen LogP contribution in [0.5, 0.6) is 0 Å². The van der Waals surface area contributed by atoms with Crippen molar-refractivity contribution in [1.82, 2.24) is 9.78 Å². The molecule has 0 fully saturated rings. The van der Waals surface area contributed by atoms with Gasteiger partial charge in [0.05, 0.1) is 27.8 Å². The van der Waals surface area contributed by atoms with E-state index in [0.717, 1.165) is 5.69 Å². The van der Waals surface area contributed by atoms with Gasteiger partial charge in [-0.05, 0) is 36.4 Å². The summed E-state index contributed by atoms with van der Waals surface area (Å²) in [4.78, 5) is 11.2. The molecule has 0 aliphatic carbocycles. The number of benzene rings is 2. The molecule has 24 heavy (non-hydrogen) atoms. The zero-order chi connectivity index (χ0) is 17.3. The lowest BCUT2D eigenvalue weighted by molar-refractivity contribution is -0.136. The average Bonchev–Trinajstić information content (AvgIpc) is 2.94. The minimum absolute atomic E-state index is 0.150. The Morgan fingerprint density at radius 2 is 1.75 bits per heavy atom. The molecule has 0 unspecified atom stereocenters. The van der Waals surface area contributed by atoms with Crippen LogP contribution in [0.15, 0.2) is 48.7 Å². The largest absolute Gasteiger partial charge is 0.481 e. The van der Waals surface area contributed by atoms with Crippen LogP contribution in [0.1, 0.15) is 5.56 Å². The molecule has 7 heteroatoms. The van der Waals surface area contributed by atoms with E-state index in [1.165, 1.54) is 0 Å². The predicted octanol–water partition coefficient (Wildman–Crippen LogP) is 5.13. The van der Waals surface area contributed by atoms with Gasteiger partial charge in [-0.25, -0.2) is 4.68 Å². The molecule has 1 N–H and O–H groups in total. The first-order valence-corrected chi connectivity index (χ1v) is 8.09. The van der Waals surface area contributed by atoms with Crippen LogP contribution < -0.4 is 0 Å². The van der Waals surface area contributed by atoms with E-state index in [1.54, 1.807) is 53.3 Å². The second-order valence-electron chi connectivity index (χ2n) is 5.12. The van der Waals surface area contributed by atoms with Gasteiger partial charge in [0.25, 0.3) is 0 Å². The molecule has 4 nitrogen and oxygen atoms in total. The molecule has 0 spiro atoms. The highest BCUT2D eigenvalue weighted by molar-refractivity contribution is 6.42. The number of aliphatic carboxylic acids is 1. The van der Waals surface area contributed by atoms with Crippen molar-refractivity contribution in [2.24, 2.45) is 0 Å². The molecule has 3 aromatic rings. The molecule has 0 saturated carbocycles. The normalized spacial score (nSPS) is 10.8. The van der Waals surface area contributed by atoms with Gasteiger partial charge in [0.2, 0.25) is 0 Å². The van der Waals surface area contributed by atoms with E-state index < -0.39 is 5.97 Å². The SMILES string of the molecule is O=C(O)Cc1cn(-c2ccc(Cl)cc2)nc1-c1ccc(Cl)c(Cl)c1. The average molecular weight is 382 g/mol. The third kappa shape index (κ3) is 3.56. The molecule has 0 radical (unpaired) electrons. The zero-order valence-corrected chi connectivity index (χ0v) is 14.5. The molecule has 122 valence electrons. The van der Waals surface area contributed by atoms with E-state index >= 15 is 0 Å². The lowest BCUT2D eigenvalue weighted by Crippen LogP contribution is -2.00. The maximum Gasteiger partial charge on any atom is 0.307 e.